The predicted octanol–water partition coefficient (Wildman–Crippen LogP) is 4.13. The molecule has 0 saturated heterocycles. The van der Waals surface area contributed by atoms with Gasteiger partial charge in [0.25, 0.3) is 0 Å². The molecule has 2 aromatic carbocycles. The molecule has 0 fully saturated rings. The Morgan fingerprint density at radius 1 is 1.26 bits per heavy atom. The quantitative estimate of drug-likeness (QED) is 0.859. The number of hydrogen-bond acceptors (Lipinski definition) is 2. The molecule has 0 aliphatic carbocycles. The van der Waals surface area contributed by atoms with E-state index in [0.29, 0.717) is 13.0 Å². The molecule has 23 heavy (non-hydrogen) atoms. The maximum atomic E-state index is 13.7. The summed E-state index contributed by atoms with van der Waals surface area (Å²) in [5.74, 6) is 0.0224. The van der Waals surface area contributed by atoms with Crippen LogP contribution in [0.15, 0.2) is 48.5 Å². The molecule has 0 saturated carbocycles. The molecule has 1 aliphatic rings. The van der Waals surface area contributed by atoms with Crippen LogP contribution in [0.2, 0.25) is 5.02 Å². The van der Waals surface area contributed by atoms with Crippen LogP contribution in [0.1, 0.15) is 23.6 Å². The number of carbonyl (C=O) groups excluding carboxylic acids is 1. The summed E-state index contributed by atoms with van der Waals surface area (Å²) in [5.41, 5.74) is 1.15. The lowest BCUT2D eigenvalue weighted by Gasteiger charge is -2.26. The first-order valence-electron chi connectivity index (χ1n) is 7.29. The number of benzene rings is 2. The highest BCUT2D eigenvalue weighted by Gasteiger charge is 2.21. The molecule has 118 valence electrons. The highest BCUT2D eigenvalue weighted by atomic mass is 35.5. The minimum absolute atomic E-state index is 0.117. The summed E-state index contributed by atoms with van der Waals surface area (Å²) in [5, 5.41) is 3.18. The van der Waals surface area contributed by atoms with E-state index in [1.807, 2.05) is 24.3 Å². The van der Waals surface area contributed by atoms with Crippen molar-refractivity contribution in [2.45, 2.75) is 12.5 Å². The monoisotopic (exact) mass is 331 g/mol. The normalized spacial score (nSPS) is 16.7. The predicted molar refractivity (Wildman–Crippen MR) is 87.9 cm³/mol. The molecular formula is C18H15ClFNO2. The Morgan fingerprint density at radius 3 is 2.91 bits per heavy atom. The molecule has 0 unspecified atom stereocenters. The minimum atomic E-state index is -0.460. The Bertz CT molecular complexity index is 740. The van der Waals surface area contributed by atoms with Gasteiger partial charge in [-0.2, -0.15) is 0 Å². The van der Waals surface area contributed by atoms with E-state index in [-0.39, 0.29) is 22.5 Å². The molecule has 2 aromatic rings. The van der Waals surface area contributed by atoms with Crippen molar-refractivity contribution in [2.24, 2.45) is 0 Å². The third-order valence-electron chi connectivity index (χ3n) is 3.68. The van der Waals surface area contributed by atoms with Crippen LogP contribution in [0.4, 0.5) is 4.39 Å². The topological polar surface area (TPSA) is 38.3 Å². The average Bonchev–Trinajstić information content (AvgIpc) is 2.55. The Balaban J connectivity index is 1.72. The van der Waals surface area contributed by atoms with E-state index >= 15 is 0 Å². The van der Waals surface area contributed by atoms with Gasteiger partial charge in [-0.05, 0) is 24.3 Å². The maximum absolute atomic E-state index is 13.7. The molecule has 1 atom stereocenters. The third kappa shape index (κ3) is 3.54. The van der Waals surface area contributed by atoms with E-state index in [1.54, 1.807) is 6.07 Å². The largest absolute Gasteiger partial charge is 0.493 e. The van der Waals surface area contributed by atoms with Gasteiger partial charge in [0.15, 0.2) is 0 Å². The number of para-hydroxylation sites is 1. The Labute approximate surface area is 138 Å². The second-order valence-corrected chi connectivity index (χ2v) is 5.61. The van der Waals surface area contributed by atoms with E-state index < -0.39 is 5.82 Å². The van der Waals surface area contributed by atoms with Crippen molar-refractivity contribution < 1.29 is 13.9 Å². The molecule has 1 N–H and O–H groups in total. The minimum Gasteiger partial charge on any atom is -0.493 e. The van der Waals surface area contributed by atoms with Crippen molar-refractivity contribution in [3.8, 4) is 5.75 Å². The van der Waals surface area contributed by atoms with E-state index in [1.165, 1.54) is 24.3 Å². The molecular weight excluding hydrogens is 317 g/mol. The zero-order chi connectivity index (χ0) is 16.2. The second kappa shape index (κ2) is 6.84. The molecule has 1 heterocycles. The first-order chi connectivity index (χ1) is 11.1. The summed E-state index contributed by atoms with van der Waals surface area (Å²) in [6, 6.07) is 11.9. The average molecular weight is 332 g/mol. The highest BCUT2D eigenvalue weighted by Crippen LogP contribution is 2.31. The number of hydrogen-bond donors (Lipinski definition) is 1. The van der Waals surface area contributed by atoms with Crippen LogP contribution in [-0.4, -0.2) is 12.5 Å². The van der Waals surface area contributed by atoms with Gasteiger partial charge in [-0.1, -0.05) is 35.9 Å². The second-order valence-electron chi connectivity index (χ2n) is 5.20. The first kappa shape index (κ1) is 15.6. The van der Waals surface area contributed by atoms with E-state index in [9.17, 15) is 9.18 Å². The van der Waals surface area contributed by atoms with Gasteiger partial charge in [-0.3, -0.25) is 4.79 Å². The summed E-state index contributed by atoms with van der Waals surface area (Å²) in [6.45, 7) is 0.546. The number of rotatable bonds is 3. The van der Waals surface area contributed by atoms with Gasteiger partial charge in [0.1, 0.15) is 11.6 Å². The van der Waals surface area contributed by atoms with Crippen LogP contribution in [-0.2, 0) is 4.79 Å². The summed E-state index contributed by atoms with van der Waals surface area (Å²) in [4.78, 5) is 12.1. The zero-order valence-corrected chi connectivity index (χ0v) is 13.0. The molecule has 0 bridgehead atoms. The maximum Gasteiger partial charge on any atom is 0.244 e. The molecule has 0 radical (unpaired) electrons. The van der Waals surface area contributed by atoms with Crippen molar-refractivity contribution in [3.05, 3.63) is 70.5 Å². The van der Waals surface area contributed by atoms with Crippen molar-refractivity contribution in [3.63, 3.8) is 0 Å². The summed E-state index contributed by atoms with van der Waals surface area (Å²) >= 11 is 5.93. The number of halogens is 2. The molecule has 3 rings (SSSR count). The molecule has 1 aliphatic heterocycles. The van der Waals surface area contributed by atoms with Crippen LogP contribution < -0.4 is 10.1 Å². The number of fused-ring (bicyclic) bond motifs is 1. The van der Waals surface area contributed by atoms with Crippen molar-refractivity contribution >= 4 is 23.6 Å². The number of nitrogens with one attached hydrogen (secondary N) is 1. The molecule has 5 heteroatoms. The van der Waals surface area contributed by atoms with Crippen LogP contribution in [0.5, 0.6) is 5.75 Å². The van der Waals surface area contributed by atoms with E-state index in [4.69, 9.17) is 16.3 Å². The zero-order valence-electron chi connectivity index (χ0n) is 12.3. The SMILES string of the molecule is O=C(/C=C/c1c(F)cccc1Cl)N[C@H]1CCOc2ccccc21. The molecule has 3 nitrogen and oxygen atoms in total. The Hall–Kier alpha value is -2.33. The lowest BCUT2D eigenvalue weighted by atomic mass is 10.0. The van der Waals surface area contributed by atoms with Gasteiger partial charge in [0.2, 0.25) is 5.91 Å². The fraction of sp³-hybridized carbons (Fsp3) is 0.167. The van der Waals surface area contributed by atoms with E-state index in [2.05, 4.69) is 5.32 Å². The smallest absolute Gasteiger partial charge is 0.244 e. The fourth-order valence-corrected chi connectivity index (χ4v) is 2.77. The van der Waals surface area contributed by atoms with Crippen LogP contribution in [0, 0.1) is 5.82 Å². The van der Waals surface area contributed by atoms with Crippen LogP contribution >= 0.6 is 11.6 Å². The molecule has 0 spiro atoms. The Kier molecular flexibility index (Phi) is 4.63. The van der Waals surface area contributed by atoms with Gasteiger partial charge < -0.3 is 10.1 Å². The van der Waals surface area contributed by atoms with Crippen molar-refractivity contribution in [2.75, 3.05) is 6.61 Å². The summed E-state index contributed by atoms with van der Waals surface area (Å²) < 4.78 is 19.2. The van der Waals surface area contributed by atoms with Crippen LogP contribution in [0.3, 0.4) is 0 Å². The van der Waals surface area contributed by atoms with Gasteiger partial charge in [0, 0.05) is 23.6 Å². The standard InChI is InChI=1S/C18H15ClFNO2/c19-14-5-3-6-15(20)12(14)8-9-18(22)21-16-10-11-23-17-7-2-1-4-13(16)17/h1-9,16H,10-11H2,(H,21,22)/b9-8+/t16-/m0/s1. The Morgan fingerprint density at radius 2 is 2.09 bits per heavy atom. The number of amides is 1. The van der Waals surface area contributed by atoms with Gasteiger partial charge in [0.05, 0.1) is 17.7 Å². The molecule has 1 amide bonds. The third-order valence-corrected chi connectivity index (χ3v) is 4.01. The summed E-state index contributed by atoms with van der Waals surface area (Å²) in [6.07, 6.45) is 3.37. The first-order valence-corrected chi connectivity index (χ1v) is 7.67. The number of ether oxygens (including phenoxy) is 1. The lowest BCUT2D eigenvalue weighted by Crippen LogP contribution is -2.30. The van der Waals surface area contributed by atoms with Crippen molar-refractivity contribution in [1.29, 1.82) is 0 Å². The van der Waals surface area contributed by atoms with Gasteiger partial charge >= 0.3 is 0 Å². The van der Waals surface area contributed by atoms with Gasteiger partial charge in [-0.15, -0.1) is 0 Å². The fourth-order valence-electron chi connectivity index (χ4n) is 2.54. The summed E-state index contributed by atoms with van der Waals surface area (Å²) in [7, 11) is 0. The van der Waals surface area contributed by atoms with Crippen LogP contribution in [0.25, 0.3) is 6.08 Å². The lowest BCUT2D eigenvalue weighted by molar-refractivity contribution is -0.117. The van der Waals surface area contributed by atoms with Crippen molar-refractivity contribution in [1.82, 2.24) is 5.32 Å². The van der Waals surface area contributed by atoms with Gasteiger partial charge in [-0.25, -0.2) is 4.39 Å². The van der Waals surface area contributed by atoms with E-state index in [0.717, 1.165) is 11.3 Å². The molecule has 0 aromatic heterocycles. The highest BCUT2D eigenvalue weighted by molar-refractivity contribution is 6.32. The number of carbonyl (C=O) groups is 1.